The summed E-state index contributed by atoms with van der Waals surface area (Å²) < 4.78 is 0. The molecule has 0 heterocycles. The summed E-state index contributed by atoms with van der Waals surface area (Å²) in [5, 5.41) is 2.55. The first-order valence-electron chi connectivity index (χ1n) is 3.86. The quantitative estimate of drug-likeness (QED) is 0.447. The number of halogens is 1. The van der Waals surface area contributed by atoms with Crippen molar-refractivity contribution in [3.63, 3.8) is 0 Å². The maximum absolute atomic E-state index is 10.9. The van der Waals surface area contributed by atoms with E-state index in [2.05, 4.69) is 11.9 Å². The molecular formula is C10H10ClNO. The Bertz CT molecular complexity index is 297. The van der Waals surface area contributed by atoms with Gasteiger partial charge in [0.2, 0.25) is 5.91 Å². The predicted molar refractivity (Wildman–Crippen MR) is 53.4 cm³/mol. The van der Waals surface area contributed by atoms with E-state index >= 15 is 0 Å². The fourth-order valence-electron chi connectivity index (χ4n) is 0.889. The van der Waals surface area contributed by atoms with Gasteiger partial charge in [-0.25, -0.2) is 0 Å². The summed E-state index contributed by atoms with van der Waals surface area (Å²) in [6, 6.07) is 9.32. The molecule has 0 saturated heterocycles. The highest BCUT2D eigenvalue weighted by molar-refractivity contribution is 6.21. The smallest absolute Gasteiger partial charge is 0.244 e. The molecule has 0 radical (unpaired) electrons. The molecule has 1 unspecified atom stereocenters. The van der Waals surface area contributed by atoms with Crippen LogP contribution in [-0.2, 0) is 4.79 Å². The fraction of sp³-hybridized carbons (Fsp3) is 0.100. The number of alkyl halides is 1. The van der Waals surface area contributed by atoms with Crippen molar-refractivity contribution < 1.29 is 4.79 Å². The molecule has 0 aliphatic rings. The van der Waals surface area contributed by atoms with Crippen molar-refractivity contribution in [3.05, 3.63) is 48.6 Å². The molecule has 0 fully saturated rings. The van der Waals surface area contributed by atoms with Crippen molar-refractivity contribution in [1.82, 2.24) is 5.32 Å². The summed E-state index contributed by atoms with van der Waals surface area (Å²) >= 11 is 5.90. The van der Waals surface area contributed by atoms with Gasteiger partial charge in [0.25, 0.3) is 0 Å². The van der Waals surface area contributed by atoms with Gasteiger partial charge in [0.15, 0.2) is 0 Å². The lowest BCUT2D eigenvalue weighted by Gasteiger charge is -2.09. The standard InChI is InChI=1S/C10H10ClNO/c1-2-9(13)12-10(11)8-6-4-3-5-7-8/h2-7,10H,1H2,(H,12,13). The van der Waals surface area contributed by atoms with Crippen LogP contribution in [0.1, 0.15) is 11.1 Å². The molecule has 68 valence electrons. The van der Waals surface area contributed by atoms with Crippen LogP contribution in [0.4, 0.5) is 0 Å². The van der Waals surface area contributed by atoms with Crippen molar-refractivity contribution in [2.24, 2.45) is 0 Å². The van der Waals surface area contributed by atoms with Crippen molar-refractivity contribution in [2.45, 2.75) is 5.50 Å². The van der Waals surface area contributed by atoms with Crippen molar-refractivity contribution in [1.29, 1.82) is 0 Å². The molecular weight excluding hydrogens is 186 g/mol. The van der Waals surface area contributed by atoms with E-state index in [4.69, 9.17) is 11.6 Å². The maximum atomic E-state index is 10.9. The van der Waals surface area contributed by atoms with Crippen molar-refractivity contribution >= 4 is 17.5 Å². The molecule has 13 heavy (non-hydrogen) atoms. The van der Waals surface area contributed by atoms with Gasteiger partial charge in [0.1, 0.15) is 5.50 Å². The molecule has 0 bridgehead atoms. The van der Waals surface area contributed by atoms with Gasteiger partial charge < -0.3 is 5.32 Å². The first-order valence-corrected chi connectivity index (χ1v) is 4.29. The van der Waals surface area contributed by atoms with E-state index in [1.807, 2.05) is 30.3 Å². The van der Waals surface area contributed by atoms with Crippen LogP contribution in [0.15, 0.2) is 43.0 Å². The largest absolute Gasteiger partial charge is 0.332 e. The molecule has 1 aromatic rings. The molecule has 1 amide bonds. The zero-order valence-corrected chi connectivity index (χ0v) is 7.79. The molecule has 0 aromatic heterocycles. The minimum Gasteiger partial charge on any atom is -0.332 e. The molecule has 1 N–H and O–H groups in total. The molecule has 0 saturated carbocycles. The number of hydrogen-bond acceptors (Lipinski definition) is 1. The Labute approximate surface area is 82.2 Å². The van der Waals surface area contributed by atoms with Gasteiger partial charge in [-0.3, -0.25) is 4.79 Å². The van der Waals surface area contributed by atoms with E-state index in [1.54, 1.807) is 0 Å². The average molecular weight is 196 g/mol. The first-order chi connectivity index (χ1) is 6.24. The summed E-state index contributed by atoms with van der Waals surface area (Å²) in [6.45, 7) is 3.34. The maximum Gasteiger partial charge on any atom is 0.244 e. The van der Waals surface area contributed by atoms with Gasteiger partial charge in [0.05, 0.1) is 0 Å². The van der Waals surface area contributed by atoms with Gasteiger partial charge >= 0.3 is 0 Å². The van der Waals surface area contributed by atoms with Crippen molar-refractivity contribution in [3.8, 4) is 0 Å². The number of rotatable bonds is 3. The lowest BCUT2D eigenvalue weighted by molar-refractivity contribution is -0.116. The second-order valence-electron chi connectivity index (χ2n) is 2.49. The zero-order chi connectivity index (χ0) is 9.68. The lowest BCUT2D eigenvalue weighted by atomic mass is 10.2. The van der Waals surface area contributed by atoms with Gasteiger partial charge in [-0.15, -0.1) is 0 Å². The van der Waals surface area contributed by atoms with Crippen LogP contribution >= 0.6 is 11.6 Å². The highest BCUT2D eigenvalue weighted by atomic mass is 35.5. The Balaban J connectivity index is 2.63. The van der Waals surface area contributed by atoms with E-state index in [0.717, 1.165) is 5.56 Å². The first kappa shape index (κ1) is 9.81. The Morgan fingerprint density at radius 2 is 2.08 bits per heavy atom. The topological polar surface area (TPSA) is 29.1 Å². The third-order valence-electron chi connectivity index (χ3n) is 1.55. The number of amides is 1. The number of carbonyl (C=O) groups is 1. The van der Waals surface area contributed by atoms with E-state index in [-0.39, 0.29) is 5.91 Å². The summed E-state index contributed by atoms with van der Waals surface area (Å²) in [7, 11) is 0. The van der Waals surface area contributed by atoms with Gasteiger partial charge in [-0.2, -0.15) is 0 Å². The van der Waals surface area contributed by atoms with E-state index in [9.17, 15) is 4.79 Å². The van der Waals surface area contributed by atoms with E-state index in [0.29, 0.717) is 0 Å². The van der Waals surface area contributed by atoms with E-state index in [1.165, 1.54) is 6.08 Å². The summed E-state index contributed by atoms with van der Waals surface area (Å²) in [5.41, 5.74) is 0.367. The fourth-order valence-corrected chi connectivity index (χ4v) is 1.14. The van der Waals surface area contributed by atoms with Crippen LogP contribution in [0.25, 0.3) is 0 Å². The summed E-state index contributed by atoms with van der Waals surface area (Å²) in [4.78, 5) is 10.9. The van der Waals surface area contributed by atoms with Crippen LogP contribution in [0.3, 0.4) is 0 Å². The van der Waals surface area contributed by atoms with Gasteiger partial charge in [0, 0.05) is 0 Å². The number of benzene rings is 1. The summed E-state index contributed by atoms with van der Waals surface area (Å²) in [5.74, 6) is -0.274. The van der Waals surface area contributed by atoms with Crippen LogP contribution in [0.5, 0.6) is 0 Å². The molecule has 1 aromatic carbocycles. The Morgan fingerprint density at radius 3 is 2.62 bits per heavy atom. The molecule has 0 aliphatic carbocycles. The Hall–Kier alpha value is -1.28. The highest BCUT2D eigenvalue weighted by Gasteiger charge is 2.07. The minimum atomic E-state index is -0.494. The third kappa shape index (κ3) is 2.92. The predicted octanol–water partition coefficient (Wildman–Crippen LogP) is 2.23. The lowest BCUT2D eigenvalue weighted by Crippen LogP contribution is -2.22. The monoisotopic (exact) mass is 195 g/mol. The van der Waals surface area contributed by atoms with Crippen LogP contribution < -0.4 is 5.32 Å². The Kier molecular flexibility index (Phi) is 3.53. The van der Waals surface area contributed by atoms with E-state index < -0.39 is 5.50 Å². The number of nitrogens with one attached hydrogen (secondary N) is 1. The minimum absolute atomic E-state index is 0.274. The van der Waals surface area contributed by atoms with Crippen LogP contribution in [-0.4, -0.2) is 5.91 Å². The second kappa shape index (κ2) is 4.67. The molecule has 0 aliphatic heterocycles. The average Bonchev–Trinajstić information content (AvgIpc) is 2.19. The zero-order valence-electron chi connectivity index (χ0n) is 7.03. The SMILES string of the molecule is C=CC(=O)NC(Cl)c1ccccc1. The molecule has 1 atom stereocenters. The van der Waals surface area contributed by atoms with Crippen molar-refractivity contribution in [2.75, 3.05) is 0 Å². The summed E-state index contributed by atoms with van der Waals surface area (Å²) in [6.07, 6.45) is 1.19. The van der Waals surface area contributed by atoms with Gasteiger partial charge in [-0.05, 0) is 11.6 Å². The van der Waals surface area contributed by atoms with Crippen LogP contribution in [0.2, 0.25) is 0 Å². The second-order valence-corrected chi connectivity index (χ2v) is 2.92. The number of hydrogen-bond donors (Lipinski definition) is 1. The normalized spacial score (nSPS) is 11.8. The molecule has 0 spiro atoms. The Morgan fingerprint density at radius 1 is 1.46 bits per heavy atom. The highest BCUT2D eigenvalue weighted by Crippen LogP contribution is 2.15. The molecule has 2 nitrogen and oxygen atoms in total. The molecule has 3 heteroatoms. The molecule has 1 rings (SSSR count). The van der Waals surface area contributed by atoms with Crippen LogP contribution in [0, 0.1) is 0 Å². The number of carbonyl (C=O) groups excluding carboxylic acids is 1. The van der Waals surface area contributed by atoms with Gasteiger partial charge in [-0.1, -0.05) is 48.5 Å². The third-order valence-corrected chi connectivity index (χ3v) is 1.91.